The molecule has 0 amide bonds. The summed E-state index contributed by atoms with van der Waals surface area (Å²) in [5, 5.41) is 14.3. The van der Waals surface area contributed by atoms with Crippen LogP contribution >= 0.6 is 0 Å². The molecule has 0 spiro atoms. The summed E-state index contributed by atoms with van der Waals surface area (Å²) in [5.41, 5.74) is -0.0220. The maximum Gasteiger partial charge on any atom is 0.311 e. The summed E-state index contributed by atoms with van der Waals surface area (Å²) in [5.74, 6) is 0.837. The van der Waals surface area contributed by atoms with Crippen molar-refractivity contribution in [2.45, 2.75) is 37.8 Å². The number of methoxy groups -OCH3 is 1. The quantitative estimate of drug-likeness (QED) is 0.662. The summed E-state index contributed by atoms with van der Waals surface area (Å²) in [6.45, 7) is 0. The van der Waals surface area contributed by atoms with Crippen molar-refractivity contribution in [2.75, 3.05) is 14.2 Å². The third kappa shape index (κ3) is 3.19. The van der Waals surface area contributed by atoms with Crippen LogP contribution in [0.15, 0.2) is 18.2 Å². The summed E-state index contributed by atoms with van der Waals surface area (Å²) < 4.78 is 11.0. The predicted molar refractivity (Wildman–Crippen MR) is 75.4 cm³/mol. The number of nitro benzene ring substituents is 1. The van der Waals surface area contributed by atoms with Crippen molar-refractivity contribution >= 4 is 5.69 Å². The van der Waals surface area contributed by atoms with Gasteiger partial charge < -0.3 is 14.8 Å². The molecule has 1 aromatic rings. The predicted octanol–water partition coefficient (Wildman–Crippen LogP) is 2.51. The number of nitrogens with zero attached hydrogens (tertiary/aromatic N) is 1. The number of nitro groups is 1. The molecule has 2 unspecified atom stereocenters. The summed E-state index contributed by atoms with van der Waals surface area (Å²) in [7, 11) is 3.42. The van der Waals surface area contributed by atoms with Gasteiger partial charge in [-0.2, -0.15) is 0 Å². The van der Waals surface area contributed by atoms with Gasteiger partial charge in [0.1, 0.15) is 11.9 Å². The van der Waals surface area contributed by atoms with Crippen molar-refractivity contribution < 1.29 is 14.4 Å². The van der Waals surface area contributed by atoms with Gasteiger partial charge in [0.2, 0.25) is 5.75 Å². The van der Waals surface area contributed by atoms with Gasteiger partial charge in [-0.3, -0.25) is 10.1 Å². The van der Waals surface area contributed by atoms with Crippen LogP contribution in [0, 0.1) is 10.1 Å². The number of likely N-dealkylation sites (N-methyl/N-ethyl adjacent to an activating group) is 1. The van der Waals surface area contributed by atoms with Gasteiger partial charge >= 0.3 is 5.69 Å². The van der Waals surface area contributed by atoms with Gasteiger partial charge in [-0.15, -0.1) is 0 Å². The molecular formula is C14H20N2O4. The summed E-state index contributed by atoms with van der Waals surface area (Å²) in [4.78, 5) is 10.7. The molecule has 0 saturated heterocycles. The average molecular weight is 280 g/mol. The smallest absolute Gasteiger partial charge is 0.311 e. The first-order valence-electron chi connectivity index (χ1n) is 6.82. The Labute approximate surface area is 118 Å². The second-order valence-corrected chi connectivity index (χ2v) is 4.93. The number of hydrogen-bond donors (Lipinski definition) is 1. The van der Waals surface area contributed by atoms with E-state index in [4.69, 9.17) is 9.47 Å². The molecule has 20 heavy (non-hydrogen) atoms. The van der Waals surface area contributed by atoms with Crippen LogP contribution in [0.3, 0.4) is 0 Å². The van der Waals surface area contributed by atoms with Crippen LogP contribution in [0.4, 0.5) is 5.69 Å². The van der Waals surface area contributed by atoms with Crippen molar-refractivity contribution in [3.05, 3.63) is 28.3 Å². The average Bonchev–Trinajstić information content (AvgIpc) is 2.47. The van der Waals surface area contributed by atoms with E-state index in [-0.39, 0.29) is 23.6 Å². The molecule has 0 aromatic heterocycles. The lowest BCUT2D eigenvalue weighted by Gasteiger charge is -2.31. The van der Waals surface area contributed by atoms with Crippen molar-refractivity contribution in [2.24, 2.45) is 0 Å². The van der Waals surface area contributed by atoms with E-state index >= 15 is 0 Å². The summed E-state index contributed by atoms with van der Waals surface area (Å²) >= 11 is 0. The topological polar surface area (TPSA) is 73.6 Å². The third-order valence-corrected chi connectivity index (χ3v) is 3.72. The molecule has 0 bridgehead atoms. The zero-order chi connectivity index (χ0) is 14.5. The molecule has 6 nitrogen and oxygen atoms in total. The number of rotatable bonds is 5. The van der Waals surface area contributed by atoms with Crippen molar-refractivity contribution in [3.63, 3.8) is 0 Å². The Morgan fingerprint density at radius 1 is 1.35 bits per heavy atom. The summed E-state index contributed by atoms with van der Waals surface area (Å²) in [6.07, 6.45) is 4.13. The van der Waals surface area contributed by atoms with Crippen LogP contribution in [-0.2, 0) is 0 Å². The highest BCUT2D eigenvalue weighted by Gasteiger charge is 2.28. The Morgan fingerprint density at radius 3 is 2.75 bits per heavy atom. The highest BCUT2D eigenvalue weighted by Crippen LogP contribution is 2.34. The van der Waals surface area contributed by atoms with Gasteiger partial charge in [-0.1, -0.05) is 6.42 Å². The highest BCUT2D eigenvalue weighted by atomic mass is 16.6. The first-order chi connectivity index (χ1) is 9.65. The first-order valence-corrected chi connectivity index (χ1v) is 6.82. The van der Waals surface area contributed by atoms with E-state index in [1.54, 1.807) is 12.1 Å². The molecule has 110 valence electrons. The Hall–Kier alpha value is -1.82. The lowest BCUT2D eigenvalue weighted by Crippen LogP contribution is -2.43. The maximum atomic E-state index is 11.1. The lowest BCUT2D eigenvalue weighted by atomic mass is 9.92. The van der Waals surface area contributed by atoms with E-state index < -0.39 is 4.92 Å². The van der Waals surface area contributed by atoms with Gasteiger partial charge in [-0.25, -0.2) is 0 Å². The molecule has 1 saturated carbocycles. The number of benzene rings is 1. The number of ether oxygens (including phenoxy) is 2. The molecule has 0 aliphatic heterocycles. The van der Waals surface area contributed by atoms with Crippen LogP contribution in [0.25, 0.3) is 0 Å². The number of nitrogens with one attached hydrogen (secondary N) is 1. The fourth-order valence-corrected chi connectivity index (χ4v) is 2.60. The second-order valence-electron chi connectivity index (χ2n) is 4.93. The minimum Gasteiger partial charge on any atom is -0.497 e. The molecule has 0 radical (unpaired) electrons. The molecular weight excluding hydrogens is 260 g/mol. The molecule has 1 fully saturated rings. The van der Waals surface area contributed by atoms with Crippen LogP contribution in [0.5, 0.6) is 11.5 Å². The normalized spacial score (nSPS) is 22.3. The Kier molecular flexibility index (Phi) is 4.79. The van der Waals surface area contributed by atoms with E-state index in [9.17, 15) is 10.1 Å². The van der Waals surface area contributed by atoms with Gasteiger partial charge in [0.15, 0.2) is 0 Å². The van der Waals surface area contributed by atoms with E-state index in [0.29, 0.717) is 5.75 Å². The molecule has 1 aromatic carbocycles. The molecule has 6 heteroatoms. The molecule has 2 rings (SSSR count). The Balaban J connectivity index is 2.23. The van der Waals surface area contributed by atoms with E-state index in [1.807, 2.05) is 7.05 Å². The maximum absolute atomic E-state index is 11.1. The van der Waals surface area contributed by atoms with Gasteiger partial charge in [-0.05, 0) is 32.4 Å². The monoisotopic (exact) mass is 280 g/mol. The largest absolute Gasteiger partial charge is 0.497 e. The zero-order valence-corrected chi connectivity index (χ0v) is 11.8. The van der Waals surface area contributed by atoms with Crippen LogP contribution in [-0.4, -0.2) is 31.2 Å². The number of hydrogen-bond acceptors (Lipinski definition) is 5. The molecule has 1 aliphatic rings. The minimum atomic E-state index is -0.425. The molecule has 2 atom stereocenters. The minimum absolute atomic E-state index is 0.0220. The zero-order valence-electron chi connectivity index (χ0n) is 11.8. The Bertz CT molecular complexity index is 478. The molecule has 1 aliphatic carbocycles. The molecule has 1 N–H and O–H groups in total. The van der Waals surface area contributed by atoms with Crippen molar-refractivity contribution in [3.8, 4) is 11.5 Å². The highest BCUT2D eigenvalue weighted by molar-refractivity contribution is 5.50. The van der Waals surface area contributed by atoms with Crippen molar-refractivity contribution in [1.29, 1.82) is 0 Å². The summed E-state index contributed by atoms with van der Waals surface area (Å²) in [6, 6.07) is 4.81. The van der Waals surface area contributed by atoms with Gasteiger partial charge in [0.25, 0.3) is 0 Å². The van der Waals surface area contributed by atoms with E-state index in [1.165, 1.54) is 13.2 Å². The fourth-order valence-electron chi connectivity index (χ4n) is 2.60. The standard InChI is InChI=1S/C14H20N2O4/c1-15-11-5-3-4-6-13(11)20-14-9-10(19-2)7-8-12(14)16(17)18/h7-9,11,13,15H,3-6H2,1-2H3. The van der Waals surface area contributed by atoms with E-state index in [0.717, 1.165) is 25.7 Å². The van der Waals surface area contributed by atoms with E-state index in [2.05, 4.69) is 5.32 Å². The second kappa shape index (κ2) is 6.56. The van der Waals surface area contributed by atoms with Gasteiger partial charge in [0, 0.05) is 18.2 Å². The first kappa shape index (κ1) is 14.6. The van der Waals surface area contributed by atoms with Crippen LogP contribution in [0.2, 0.25) is 0 Å². The Morgan fingerprint density at radius 2 is 2.10 bits per heavy atom. The van der Waals surface area contributed by atoms with Gasteiger partial charge in [0.05, 0.1) is 12.0 Å². The SMILES string of the molecule is CNC1CCCCC1Oc1cc(OC)ccc1[N+](=O)[O-]. The third-order valence-electron chi connectivity index (χ3n) is 3.72. The van der Waals surface area contributed by atoms with Crippen LogP contribution in [0.1, 0.15) is 25.7 Å². The van der Waals surface area contributed by atoms with Crippen molar-refractivity contribution in [1.82, 2.24) is 5.32 Å². The molecule has 0 heterocycles. The fraction of sp³-hybridized carbons (Fsp3) is 0.571. The van der Waals surface area contributed by atoms with Crippen LogP contribution < -0.4 is 14.8 Å². The lowest BCUT2D eigenvalue weighted by molar-refractivity contribution is -0.386.